The summed E-state index contributed by atoms with van der Waals surface area (Å²) in [5.74, 6) is -0.0418. The predicted octanol–water partition coefficient (Wildman–Crippen LogP) is 3.14. The van der Waals surface area contributed by atoms with Crippen LogP contribution in [0, 0.1) is 12.8 Å². The van der Waals surface area contributed by atoms with Gasteiger partial charge in [0.25, 0.3) is 5.91 Å². The maximum atomic E-state index is 12.2. The molecule has 0 fully saturated rings. The number of halogens is 1. The molecule has 20 heavy (non-hydrogen) atoms. The van der Waals surface area contributed by atoms with Crippen molar-refractivity contribution in [3.8, 4) is 0 Å². The highest BCUT2D eigenvalue weighted by molar-refractivity contribution is 6.35. The number of fused-ring (bicyclic) bond motifs is 1. The Labute approximate surface area is 122 Å². The summed E-state index contributed by atoms with van der Waals surface area (Å²) in [7, 11) is 0. The van der Waals surface area contributed by atoms with E-state index in [1.807, 2.05) is 32.9 Å². The van der Waals surface area contributed by atoms with E-state index in [2.05, 4.69) is 5.32 Å². The SMILES string of the molecule is Cc1c(C(=O)NC(C)C(C)CO)oc2c(Cl)cccc12. The smallest absolute Gasteiger partial charge is 0.287 e. The summed E-state index contributed by atoms with van der Waals surface area (Å²) < 4.78 is 5.60. The van der Waals surface area contributed by atoms with Gasteiger partial charge in [0.05, 0.1) is 5.02 Å². The standard InChI is InChI=1S/C15H18ClNO3/c1-8(7-18)10(3)17-15(19)13-9(2)11-5-4-6-12(16)14(11)20-13/h4-6,8,10,18H,7H2,1-3H3,(H,17,19). The van der Waals surface area contributed by atoms with Crippen LogP contribution in [0.3, 0.4) is 0 Å². The van der Waals surface area contributed by atoms with Gasteiger partial charge in [0, 0.05) is 23.6 Å². The van der Waals surface area contributed by atoms with Crippen LogP contribution in [-0.2, 0) is 0 Å². The number of amides is 1. The van der Waals surface area contributed by atoms with Crippen LogP contribution in [0.5, 0.6) is 0 Å². The summed E-state index contributed by atoms with van der Waals surface area (Å²) in [6.45, 7) is 5.57. The normalized spacial score (nSPS) is 14.2. The summed E-state index contributed by atoms with van der Waals surface area (Å²) >= 11 is 6.07. The number of nitrogens with one attached hydrogen (secondary N) is 1. The molecule has 0 radical (unpaired) electrons. The van der Waals surface area contributed by atoms with Crippen molar-refractivity contribution in [2.75, 3.05) is 6.61 Å². The highest BCUT2D eigenvalue weighted by Gasteiger charge is 2.21. The molecular weight excluding hydrogens is 278 g/mol. The fourth-order valence-electron chi connectivity index (χ4n) is 2.00. The molecule has 108 valence electrons. The van der Waals surface area contributed by atoms with Crippen LogP contribution in [0.4, 0.5) is 0 Å². The van der Waals surface area contributed by atoms with Gasteiger partial charge in [0.15, 0.2) is 11.3 Å². The summed E-state index contributed by atoms with van der Waals surface area (Å²) in [6, 6.07) is 5.28. The molecule has 1 aromatic heterocycles. The van der Waals surface area contributed by atoms with Crippen LogP contribution in [-0.4, -0.2) is 23.7 Å². The molecule has 0 saturated heterocycles. The number of rotatable bonds is 4. The Hall–Kier alpha value is -1.52. The summed E-state index contributed by atoms with van der Waals surface area (Å²) in [6.07, 6.45) is 0. The second-order valence-corrected chi connectivity index (χ2v) is 5.50. The lowest BCUT2D eigenvalue weighted by Crippen LogP contribution is -2.38. The van der Waals surface area contributed by atoms with E-state index in [-0.39, 0.29) is 30.2 Å². The first kappa shape index (κ1) is 14.9. The van der Waals surface area contributed by atoms with Gasteiger partial charge in [-0.1, -0.05) is 30.7 Å². The van der Waals surface area contributed by atoms with Gasteiger partial charge in [0.2, 0.25) is 0 Å². The third kappa shape index (κ3) is 2.67. The number of aliphatic hydroxyl groups is 1. The van der Waals surface area contributed by atoms with Crippen LogP contribution < -0.4 is 5.32 Å². The zero-order valence-electron chi connectivity index (χ0n) is 11.7. The average molecular weight is 296 g/mol. The van der Waals surface area contributed by atoms with Crippen molar-refractivity contribution in [3.63, 3.8) is 0 Å². The molecule has 0 aliphatic rings. The lowest BCUT2D eigenvalue weighted by molar-refractivity contribution is 0.0889. The van der Waals surface area contributed by atoms with E-state index in [9.17, 15) is 4.79 Å². The van der Waals surface area contributed by atoms with Crippen molar-refractivity contribution in [2.45, 2.75) is 26.8 Å². The number of benzene rings is 1. The molecule has 0 aliphatic heterocycles. The van der Waals surface area contributed by atoms with Gasteiger partial charge in [-0.2, -0.15) is 0 Å². The van der Waals surface area contributed by atoms with Crippen LogP contribution in [0.2, 0.25) is 5.02 Å². The fraction of sp³-hybridized carbons (Fsp3) is 0.400. The van der Waals surface area contributed by atoms with Gasteiger partial charge < -0.3 is 14.8 Å². The monoisotopic (exact) mass is 295 g/mol. The molecule has 0 aliphatic carbocycles. The van der Waals surface area contributed by atoms with Crippen LogP contribution in [0.1, 0.15) is 30.0 Å². The van der Waals surface area contributed by atoms with Crippen LogP contribution >= 0.6 is 11.6 Å². The van der Waals surface area contributed by atoms with Crippen molar-refractivity contribution in [1.82, 2.24) is 5.32 Å². The minimum absolute atomic E-state index is 0.0202. The van der Waals surface area contributed by atoms with Crippen LogP contribution in [0.15, 0.2) is 22.6 Å². The zero-order chi connectivity index (χ0) is 14.9. The number of carbonyl (C=O) groups excluding carboxylic acids is 1. The van der Waals surface area contributed by atoms with E-state index in [1.165, 1.54) is 0 Å². The summed E-state index contributed by atoms with van der Waals surface area (Å²) in [5, 5.41) is 13.3. The van der Waals surface area contributed by atoms with Gasteiger partial charge in [-0.15, -0.1) is 0 Å². The molecule has 0 saturated carbocycles. The van der Waals surface area contributed by atoms with Crippen molar-refractivity contribution in [3.05, 3.63) is 34.5 Å². The molecule has 2 atom stereocenters. The average Bonchev–Trinajstić information content (AvgIpc) is 2.77. The van der Waals surface area contributed by atoms with E-state index in [0.29, 0.717) is 10.6 Å². The quantitative estimate of drug-likeness (QED) is 0.911. The van der Waals surface area contributed by atoms with Crippen LogP contribution in [0.25, 0.3) is 11.0 Å². The molecule has 1 amide bonds. The van der Waals surface area contributed by atoms with Gasteiger partial charge in [0.1, 0.15) is 0 Å². The Morgan fingerprint density at radius 2 is 2.15 bits per heavy atom. The second kappa shape index (κ2) is 5.85. The minimum atomic E-state index is -0.289. The Bertz CT molecular complexity index is 635. The number of aryl methyl sites for hydroxylation is 1. The van der Waals surface area contributed by atoms with Crippen molar-refractivity contribution >= 4 is 28.5 Å². The Balaban J connectivity index is 2.31. The fourth-order valence-corrected chi connectivity index (χ4v) is 2.21. The molecule has 5 heteroatoms. The Kier molecular flexibility index (Phi) is 4.35. The van der Waals surface area contributed by atoms with Gasteiger partial charge in [-0.3, -0.25) is 4.79 Å². The Morgan fingerprint density at radius 3 is 2.75 bits per heavy atom. The molecular formula is C15H18ClNO3. The molecule has 0 spiro atoms. The molecule has 4 nitrogen and oxygen atoms in total. The number of hydrogen-bond acceptors (Lipinski definition) is 3. The molecule has 2 rings (SSSR count). The van der Waals surface area contributed by atoms with E-state index in [1.54, 1.807) is 6.07 Å². The minimum Gasteiger partial charge on any atom is -0.449 e. The number of para-hydroxylation sites is 1. The first-order chi connectivity index (χ1) is 9.45. The van der Waals surface area contributed by atoms with Gasteiger partial charge in [-0.25, -0.2) is 0 Å². The van der Waals surface area contributed by atoms with E-state index >= 15 is 0 Å². The number of carbonyl (C=O) groups is 1. The zero-order valence-corrected chi connectivity index (χ0v) is 12.5. The molecule has 2 N–H and O–H groups in total. The third-order valence-electron chi connectivity index (χ3n) is 3.62. The van der Waals surface area contributed by atoms with Crippen molar-refractivity contribution in [2.24, 2.45) is 5.92 Å². The molecule has 0 bridgehead atoms. The predicted molar refractivity (Wildman–Crippen MR) is 79.1 cm³/mol. The third-order valence-corrected chi connectivity index (χ3v) is 3.92. The molecule has 1 aromatic carbocycles. The molecule has 1 heterocycles. The number of aliphatic hydroxyl groups excluding tert-OH is 1. The summed E-state index contributed by atoms with van der Waals surface area (Å²) in [5.41, 5.74) is 1.29. The van der Waals surface area contributed by atoms with E-state index < -0.39 is 0 Å². The highest BCUT2D eigenvalue weighted by atomic mass is 35.5. The largest absolute Gasteiger partial charge is 0.449 e. The lowest BCUT2D eigenvalue weighted by atomic mass is 10.0. The van der Waals surface area contributed by atoms with Gasteiger partial charge >= 0.3 is 0 Å². The topological polar surface area (TPSA) is 62.5 Å². The maximum absolute atomic E-state index is 12.2. The van der Waals surface area contributed by atoms with Gasteiger partial charge in [-0.05, 0) is 25.8 Å². The van der Waals surface area contributed by atoms with E-state index in [0.717, 1.165) is 10.9 Å². The second-order valence-electron chi connectivity index (χ2n) is 5.09. The number of hydrogen-bond donors (Lipinski definition) is 2. The lowest BCUT2D eigenvalue weighted by Gasteiger charge is -2.18. The van der Waals surface area contributed by atoms with Crippen molar-refractivity contribution in [1.29, 1.82) is 0 Å². The first-order valence-corrected chi connectivity index (χ1v) is 6.92. The molecule has 2 unspecified atom stereocenters. The van der Waals surface area contributed by atoms with Crippen molar-refractivity contribution < 1.29 is 14.3 Å². The Morgan fingerprint density at radius 1 is 1.45 bits per heavy atom. The molecule has 2 aromatic rings. The maximum Gasteiger partial charge on any atom is 0.287 e. The first-order valence-electron chi connectivity index (χ1n) is 6.55. The number of furan rings is 1. The summed E-state index contributed by atoms with van der Waals surface area (Å²) in [4.78, 5) is 12.2. The van der Waals surface area contributed by atoms with E-state index in [4.69, 9.17) is 21.1 Å². The highest BCUT2D eigenvalue weighted by Crippen LogP contribution is 2.30.